The Bertz CT molecular complexity index is 524. The monoisotopic (exact) mass is 311 g/mol. The van der Waals surface area contributed by atoms with Gasteiger partial charge in [-0.05, 0) is 36.6 Å². The highest BCUT2D eigenvalue weighted by molar-refractivity contribution is 7.89. The average molecular weight is 311 g/mol. The van der Waals surface area contributed by atoms with Crippen molar-refractivity contribution in [3.8, 4) is 5.75 Å². The zero-order valence-corrected chi connectivity index (χ0v) is 11.9. The van der Waals surface area contributed by atoms with Gasteiger partial charge < -0.3 is 4.74 Å². The molecule has 4 nitrogen and oxygen atoms in total. The zero-order chi connectivity index (χ0) is 15.4. The van der Waals surface area contributed by atoms with Crippen molar-refractivity contribution in [2.45, 2.75) is 31.5 Å². The Morgan fingerprint density at radius 1 is 1.20 bits per heavy atom. The number of hydrogen-bond donors (Lipinski definition) is 1. The Labute approximate surface area is 116 Å². The number of alkyl halides is 3. The van der Waals surface area contributed by atoms with Crippen LogP contribution in [0, 0.1) is 5.92 Å². The van der Waals surface area contributed by atoms with E-state index in [-0.39, 0.29) is 11.4 Å². The third kappa shape index (κ3) is 5.79. The summed E-state index contributed by atoms with van der Waals surface area (Å²) in [5.41, 5.74) is 0. The van der Waals surface area contributed by atoms with Gasteiger partial charge in [-0.2, -0.15) is 0 Å². The first kappa shape index (κ1) is 16.8. The fourth-order valence-electron chi connectivity index (χ4n) is 1.39. The van der Waals surface area contributed by atoms with Crippen LogP contribution in [0.2, 0.25) is 0 Å². The minimum absolute atomic E-state index is 0.101. The summed E-state index contributed by atoms with van der Waals surface area (Å²) in [4.78, 5) is -0.101. The van der Waals surface area contributed by atoms with Gasteiger partial charge in [0, 0.05) is 6.54 Å². The lowest BCUT2D eigenvalue weighted by Crippen LogP contribution is -2.25. The molecule has 0 bridgehead atoms. The van der Waals surface area contributed by atoms with E-state index in [9.17, 15) is 21.6 Å². The maximum Gasteiger partial charge on any atom is 0.573 e. The number of halogens is 3. The van der Waals surface area contributed by atoms with Gasteiger partial charge in [-0.3, -0.25) is 0 Å². The molecule has 0 heterocycles. The van der Waals surface area contributed by atoms with Crippen molar-refractivity contribution < 1.29 is 26.3 Å². The summed E-state index contributed by atoms with van der Waals surface area (Å²) >= 11 is 0. The summed E-state index contributed by atoms with van der Waals surface area (Å²) in [6.45, 7) is 4.19. The van der Waals surface area contributed by atoms with Gasteiger partial charge in [0.2, 0.25) is 10.0 Å². The van der Waals surface area contributed by atoms with Crippen molar-refractivity contribution in [1.29, 1.82) is 0 Å². The predicted octanol–water partition coefficient (Wildman–Crippen LogP) is 2.91. The first-order chi connectivity index (χ1) is 9.10. The Morgan fingerprint density at radius 3 is 2.20 bits per heavy atom. The molecule has 0 aromatic heterocycles. The van der Waals surface area contributed by atoms with E-state index < -0.39 is 22.1 Å². The molecule has 0 aliphatic rings. The van der Waals surface area contributed by atoms with Crippen LogP contribution in [0.25, 0.3) is 0 Å². The van der Waals surface area contributed by atoms with E-state index in [2.05, 4.69) is 9.46 Å². The number of benzene rings is 1. The van der Waals surface area contributed by atoms with Crippen LogP contribution < -0.4 is 9.46 Å². The quantitative estimate of drug-likeness (QED) is 0.879. The van der Waals surface area contributed by atoms with E-state index >= 15 is 0 Å². The molecule has 1 aromatic carbocycles. The van der Waals surface area contributed by atoms with Gasteiger partial charge in [0.25, 0.3) is 0 Å². The van der Waals surface area contributed by atoms with Gasteiger partial charge in [-0.15, -0.1) is 13.2 Å². The van der Waals surface area contributed by atoms with Gasteiger partial charge in [-0.25, -0.2) is 13.1 Å². The molecule has 0 amide bonds. The van der Waals surface area contributed by atoms with Crippen LogP contribution in [0.3, 0.4) is 0 Å². The van der Waals surface area contributed by atoms with Crippen molar-refractivity contribution >= 4 is 10.0 Å². The molecule has 1 rings (SSSR count). The maximum absolute atomic E-state index is 12.0. The molecule has 8 heteroatoms. The largest absolute Gasteiger partial charge is 0.573 e. The summed E-state index contributed by atoms with van der Waals surface area (Å²) in [6.07, 6.45) is -4.12. The molecule has 0 aliphatic carbocycles. The topological polar surface area (TPSA) is 55.4 Å². The second-order valence-electron chi connectivity index (χ2n) is 4.60. The van der Waals surface area contributed by atoms with E-state index in [1.54, 1.807) is 0 Å². The van der Waals surface area contributed by atoms with E-state index in [0.29, 0.717) is 12.3 Å². The van der Waals surface area contributed by atoms with Crippen molar-refractivity contribution in [1.82, 2.24) is 4.72 Å². The number of ether oxygens (including phenoxy) is 1. The second-order valence-corrected chi connectivity index (χ2v) is 6.37. The van der Waals surface area contributed by atoms with Crippen LogP contribution >= 0.6 is 0 Å². The average Bonchev–Trinajstić information content (AvgIpc) is 2.26. The summed E-state index contributed by atoms with van der Waals surface area (Å²) in [6, 6.07) is 4.06. The molecule has 0 fully saturated rings. The lowest BCUT2D eigenvalue weighted by molar-refractivity contribution is -0.274. The lowest BCUT2D eigenvalue weighted by Gasteiger charge is -2.10. The van der Waals surface area contributed by atoms with Crippen molar-refractivity contribution in [2.75, 3.05) is 6.54 Å². The van der Waals surface area contributed by atoms with Gasteiger partial charge in [0.15, 0.2) is 0 Å². The standard InChI is InChI=1S/C12H16F3NO3S/c1-9(2)7-8-16-20(17,18)11-5-3-10(4-6-11)19-12(13,14)15/h3-6,9,16H,7-8H2,1-2H3. The Kier molecular flexibility index (Phi) is 5.41. The van der Waals surface area contributed by atoms with Crippen LogP contribution in [-0.4, -0.2) is 21.3 Å². The number of sulfonamides is 1. The molecular formula is C12H16F3NO3S. The third-order valence-electron chi connectivity index (χ3n) is 2.38. The van der Waals surface area contributed by atoms with Crippen molar-refractivity contribution in [2.24, 2.45) is 5.92 Å². The van der Waals surface area contributed by atoms with Crippen LogP contribution in [0.15, 0.2) is 29.2 Å². The molecule has 0 spiro atoms. The van der Waals surface area contributed by atoms with Gasteiger partial charge in [-0.1, -0.05) is 13.8 Å². The number of nitrogens with one attached hydrogen (secondary N) is 1. The third-order valence-corrected chi connectivity index (χ3v) is 3.86. The fraction of sp³-hybridized carbons (Fsp3) is 0.500. The van der Waals surface area contributed by atoms with Crippen LogP contribution in [-0.2, 0) is 10.0 Å². The lowest BCUT2D eigenvalue weighted by atomic mass is 10.1. The SMILES string of the molecule is CC(C)CCNS(=O)(=O)c1ccc(OC(F)(F)F)cc1. The Hall–Kier alpha value is -1.28. The minimum Gasteiger partial charge on any atom is -0.406 e. The predicted molar refractivity (Wildman–Crippen MR) is 67.8 cm³/mol. The highest BCUT2D eigenvalue weighted by atomic mass is 32.2. The molecule has 1 aromatic rings. The number of rotatable bonds is 6. The van der Waals surface area contributed by atoms with Crippen LogP contribution in [0.5, 0.6) is 5.75 Å². The molecule has 20 heavy (non-hydrogen) atoms. The first-order valence-electron chi connectivity index (χ1n) is 5.95. The molecule has 0 saturated heterocycles. The summed E-state index contributed by atoms with van der Waals surface area (Å²) < 4.78 is 65.6. The molecule has 0 saturated carbocycles. The number of hydrogen-bond acceptors (Lipinski definition) is 3. The summed E-state index contributed by atoms with van der Waals surface area (Å²) in [5.74, 6) is -0.112. The highest BCUT2D eigenvalue weighted by Gasteiger charge is 2.31. The first-order valence-corrected chi connectivity index (χ1v) is 7.44. The maximum atomic E-state index is 12.0. The molecule has 0 radical (unpaired) electrons. The highest BCUT2D eigenvalue weighted by Crippen LogP contribution is 2.23. The van der Waals surface area contributed by atoms with E-state index in [1.165, 1.54) is 0 Å². The normalized spacial score (nSPS) is 12.7. The van der Waals surface area contributed by atoms with E-state index in [4.69, 9.17) is 0 Å². The van der Waals surface area contributed by atoms with Gasteiger partial charge in [0.05, 0.1) is 4.90 Å². The van der Waals surface area contributed by atoms with E-state index in [1.807, 2.05) is 13.8 Å². The molecule has 0 aliphatic heterocycles. The molecule has 114 valence electrons. The summed E-state index contributed by atoms with van der Waals surface area (Å²) in [7, 11) is -3.70. The molecular weight excluding hydrogens is 295 g/mol. The summed E-state index contributed by atoms with van der Waals surface area (Å²) in [5, 5.41) is 0. The minimum atomic E-state index is -4.80. The van der Waals surface area contributed by atoms with Gasteiger partial charge >= 0.3 is 6.36 Å². The van der Waals surface area contributed by atoms with Gasteiger partial charge in [0.1, 0.15) is 5.75 Å². The van der Waals surface area contributed by atoms with Crippen molar-refractivity contribution in [3.05, 3.63) is 24.3 Å². The van der Waals surface area contributed by atoms with Crippen molar-refractivity contribution in [3.63, 3.8) is 0 Å². The molecule has 0 unspecified atom stereocenters. The fourth-order valence-corrected chi connectivity index (χ4v) is 2.43. The smallest absolute Gasteiger partial charge is 0.406 e. The van der Waals surface area contributed by atoms with E-state index in [0.717, 1.165) is 24.3 Å². The molecule has 0 atom stereocenters. The van der Waals surface area contributed by atoms with Crippen LogP contribution in [0.1, 0.15) is 20.3 Å². The Balaban J connectivity index is 2.72. The zero-order valence-electron chi connectivity index (χ0n) is 11.1. The Morgan fingerprint density at radius 2 is 1.75 bits per heavy atom. The molecule has 1 N–H and O–H groups in total. The van der Waals surface area contributed by atoms with Crippen LogP contribution in [0.4, 0.5) is 13.2 Å². The second kappa shape index (κ2) is 6.45.